The number of alkyl halides is 3. The van der Waals surface area contributed by atoms with Gasteiger partial charge in [-0.1, -0.05) is 13.0 Å². The number of nitrogens with one attached hydrogen (secondary N) is 1. The van der Waals surface area contributed by atoms with Crippen molar-refractivity contribution in [1.82, 2.24) is 10.3 Å². The van der Waals surface area contributed by atoms with Crippen LogP contribution in [0, 0.1) is 6.92 Å². The van der Waals surface area contributed by atoms with E-state index in [0.717, 1.165) is 11.8 Å². The van der Waals surface area contributed by atoms with Crippen molar-refractivity contribution in [1.29, 1.82) is 0 Å². The standard InChI is InChI=1S/C22H22F3N3O4/c1-5-20(3)18(29)28(19(30)27-20)14-8-12(2)17(26-10-14)32-15-7-6-13-11-31-21(4,16(13)9-15)22(23,24)25/h6-10H,5,11H2,1-4H3,(H,27,30)/t20-,21-/m1/s1. The van der Waals surface area contributed by atoms with Gasteiger partial charge in [-0.2, -0.15) is 13.2 Å². The number of halogens is 3. The van der Waals surface area contributed by atoms with Crippen molar-refractivity contribution in [3.8, 4) is 11.6 Å². The molecule has 1 aromatic carbocycles. The fourth-order valence-electron chi connectivity index (χ4n) is 3.77. The predicted molar refractivity (Wildman–Crippen MR) is 108 cm³/mol. The second-order valence-corrected chi connectivity index (χ2v) is 8.31. The zero-order valence-corrected chi connectivity index (χ0v) is 18.0. The third-order valence-electron chi connectivity index (χ3n) is 6.11. The number of nitrogens with zero attached hydrogens (tertiary/aromatic N) is 2. The highest BCUT2D eigenvalue weighted by atomic mass is 19.4. The van der Waals surface area contributed by atoms with Crippen LogP contribution in [0.4, 0.5) is 23.7 Å². The molecular weight excluding hydrogens is 427 g/mol. The van der Waals surface area contributed by atoms with Crippen molar-refractivity contribution in [2.75, 3.05) is 4.90 Å². The Morgan fingerprint density at radius 3 is 2.56 bits per heavy atom. The minimum atomic E-state index is -4.58. The summed E-state index contributed by atoms with van der Waals surface area (Å²) in [5.41, 5.74) is -2.18. The molecule has 2 atom stereocenters. The molecule has 3 amide bonds. The number of urea groups is 1. The molecule has 2 aromatic rings. The molecule has 0 radical (unpaired) electrons. The molecule has 1 fully saturated rings. The van der Waals surface area contributed by atoms with Crippen LogP contribution in [0.3, 0.4) is 0 Å². The molecule has 0 bridgehead atoms. The quantitative estimate of drug-likeness (QED) is 0.684. The van der Waals surface area contributed by atoms with E-state index in [9.17, 15) is 22.8 Å². The molecule has 10 heteroatoms. The summed E-state index contributed by atoms with van der Waals surface area (Å²) in [4.78, 5) is 30.2. The maximum absolute atomic E-state index is 13.5. The summed E-state index contributed by atoms with van der Waals surface area (Å²) in [6.07, 6.45) is -2.83. The Balaban J connectivity index is 1.61. The number of carbonyl (C=O) groups excluding carboxylic acids is 2. The van der Waals surface area contributed by atoms with Crippen LogP contribution in [0.5, 0.6) is 11.6 Å². The Morgan fingerprint density at radius 2 is 1.97 bits per heavy atom. The van der Waals surface area contributed by atoms with Crippen LogP contribution in [-0.4, -0.2) is 28.6 Å². The maximum Gasteiger partial charge on any atom is 0.421 e. The Morgan fingerprint density at radius 1 is 1.25 bits per heavy atom. The zero-order valence-electron chi connectivity index (χ0n) is 18.0. The number of hydrogen-bond acceptors (Lipinski definition) is 5. The number of rotatable bonds is 4. The van der Waals surface area contributed by atoms with E-state index in [-0.39, 0.29) is 35.4 Å². The highest BCUT2D eigenvalue weighted by molar-refractivity contribution is 6.23. The van der Waals surface area contributed by atoms with Gasteiger partial charge in [-0.05, 0) is 51.0 Å². The average molecular weight is 449 g/mol. The molecule has 0 spiro atoms. The van der Waals surface area contributed by atoms with Crippen molar-refractivity contribution in [2.24, 2.45) is 0 Å². The summed E-state index contributed by atoms with van der Waals surface area (Å²) in [6, 6.07) is 5.40. The molecule has 1 N–H and O–H groups in total. The largest absolute Gasteiger partial charge is 0.439 e. The number of anilines is 1. The molecule has 3 heterocycles. The molecule has 32 heavy (non-hydrogen) atoms. The number of hydrogen-bond donors (Lipinski definition) is 1. The van der Waals surface area contributed by atoms with Gasteiger partial charge in [0.2, 0.25) is 5.88 Å². The number of ether oxygens (including phenoxy) is 2. The van der Waals surface area contributed by atoms with Gasteiger partial charge in [0, 0.05) is 11.1 Å². The number of imide groups is 1. The zero-order chi connectivity index (χ0) is 23.5. The van der Waals surface area contributed by atoms with E-state index in [1.807, 2.05) is 0 Å². The summed E-state index contributed by atoms with van der Waals surface area (Å²) in [5, 5.41) is 2.67. The fourth-order valence-corrected chi connectivity index (χ4v) is 3.77. The van der Waals surface area contributed by atoms with Gasteiger partial charge in [-0.15, -0.1) is 0 Å². The maximum atomic E-state index is 13.5. The Labute approximate surface area is 182 Å². The summed E-state index contributed by atoms with van der Waals surface area (Å²) >= 11 is 0. The van der Waals surface area contributed by atoms with Gasteiger partial charge < -0.3 is 14.8 Å². The summed E-state index contributed by atoms with van der Waals surface area (Å²) in [6.45, 7) is 5.97. The van der Waals surface area contributed by atoms with Gasteiger partial charge in [0.15, 0.2) is 5.60 Å². The Hall–Kier alpha value is -3.14. The number of benzene rings is 1. The summed E-state index contributed by atoms with van der Waals surface area (Å²) in [7, 11) is 0. The third-order valence-corrected chi connectivity index (χ3v) is 6.11. The SMILES string of the molecule is CC[C@@]1(C)NC(=O)N(c2cnc(Oc3ccc4c(c3)[C@](C)(C(F)(F)F)OC4)c(C)c2)C1=O. The number of amides is 3. The van der Waals surface area contributed by atoms with Gasteiger partial charge in [0.05, 0.1) is 18.5 Å². The Bertz CT molecular complexity index is 1120. The molecule has 4 rings (SSSR count). The first-order valence-electron chi connectivity index (χ1n) is 10.0. The molecule has 2 aliphatic rings. The lowest BCUT2D eigenvalue weighted by Crippen LogP contribution is -2.43. The highest BCUT2D eigenvalue weighted by Gasteiger charge is 2.57. The van der Waals surface area contributed by atoms with E-state index in [4.69, 9.17) is 9.47 Å². The van der Waals surface area contributed by atoms with E-state index in [0.29, 0.717) is 17.5 Å². The molecular formula is C22H22F3N3O4. The van der Waals surface area contributed by atoms with E-state index in [1.54, 1.807) is 32.9 Å². The topological polar surface area (TPSA) is 80.8 Å². The average Bonchev–Trinajstić information content (AvgIpc) is 3.18. The van der Waals surface area contributed by atoms with Gasteiger partial charge in [0.1, 0.15) is 11.3 Å². The van der Waals surface area contributed by atoms with E-state index in [2.05, 4.69) is 10.3 Å². The van der Waals surface area contributed by atoms with E-state index < -0.39 is 23.3 Å². The Kier molecular flexibility index (Phi) is 4.96. The first kappa shape index (κ1) is 22.1. The van der Waals surface area contributed by atoms with Crippen LogP contribution < -0.4 is 15.0 Å². The molecule has 170 valence electrons. The third kappa shape index (κ3) is 3.29. The lowest BCUT2D eigenvalue weighted by molar-refractivity contribution is -0.272. The summed E-state index contributed by atoms with van der Waals surface area (Å²) < 4.78 is 51.4. The second kappa shape index (κ2) is 7.19. The summed E-state index contributed by atoms with van der Waals surface area (Å²) in [5.74, 6) is -0.0711. The number of aryl methyl sites for hydroxylation is 1. The first-order chi connectivity index (χ1) is 14.9. The molecule has 1 saturated heterocycles. The van der Waals surface area contributed by atoms with Crippen LogP contribution in [0.1, 0.15) is 43.9 Å². The van der Waals surface area contributed by atoms with E-state index in [1.165, 1.54) is 18.3 Å². The van der Waals surface area contributed by atoms with Crippen LogP contribution in [0.25, 0.3) is 0 Å². The van der Waals surface area contributed by atoms with E-state index >= 15 is 0 Å². The van der Waals surface area contributed by atoms with Crippen molar-refractivity contribution >= 4 is 17.6 Å². The molecule has 0 unspecified atom stereocenters. The van der Waals surface area contributed by atoms with Crippen LogP contribution in [0.15, 0.2) is 30.5 Å². The van der Waals surface area contributed by atoms with Crippen molar-refractivity contribution in [3.05, 3.63) is 47.2 Å². The van der Waals surface area contributed by atoms with Crippen molar-refractivity contribution in [2.45, 2.75) is 58.0 Å². The number of carbonyl (C=O) groups is 2. The highest BCUT2D eigenvalue weighted by Crippen LogP contribution is 2.48. The number of aromatic nitrogens is 1. The predicted octanol–water partition coefficient (Wildman–Crippen LogP) is 4.71. The first-order valence-corrected chi connectivity index (χ1v) is 10.0. The van der Waals surface area contributed by atoms with Gasteiger partial charge in [-0.3, -0.25) is 4.79 Å². The van der Waals surface area contributed by atoms with Crippen LogP contribution in [-0.2, 0) is 21.7 Å². The lowest BCUT2D eigenvalue weighted by atomic mass is 9.93. The molecule has 0 saturated carbocycles. The lowest BCUT2D eigenvalue weighted by Gasteiger charge is -2.27. The second-order valence-electron chi connectivity index (χ2n) is 8.31. The molecule has 1 aromatic heterocycles. The van der Waals surface area contributed by atoms with Gasteiger partial charge in [-0.25, -0.2) is 14.7 Å². The van der Waals surface area contributed by atoms with Gasteiger partial charge >= 0.3 is 12.2 Å². The normalized spacial score (nSPS) is 25.2. The van der Waals surface area contributed by atoms with Gasteiger partial charge in [0.25, 0.3) is 5.91 Å². The molecule has 7 nitrogen and oxygen atoms in total. The van der Waals surface area contributed by atoms with Crippen molar-refractivity contribution < 1.29 is 32.2 Å². The van der Waals surface area contributed by atoms with Crippen LogP contribution >= 0.6 is 0 Å². The molecule has 0 aliphatic carbocycles. The minimum Gasteiger partial charge on any atom is -0.439 e. The minimum absolute atomic E-state index is 0.00467. The smallest absolute Gasteiger partial charge is 0.421 e. The number of fused-ring (bicyclic) bond motifs is 1. The monoisotopic (exact) mass is 449 g/mol. The molecule has 2 aliphatic heterocycles. The van der Waals surface area contributed by atoms with Crippen LogP contribution in [0.2, 0.25) is 0 Å². The number of pyridine rings is 1. The van der Waals surface area contributed by atoms with Crippen molar-refractivity contribution in [3.63, 3.8) is 0 Å². The fraction of sp³-hybridized carbons (Fsp3) is 0.409.